The van der Waals surface area contributed by atoms with E-state index in [0.717, 1.165) is 18.2 Å². The van der Waals surface area contributed by atoms with Crippen LogP contribution < -0.4 is 19.8 Å². The Morgan fingerprint density at radius 3 is 1.91 bits per heavy atom. The lowest BCUT2D eigenvalue weighted by Gasteiger charge is -2.10. The lowest BCUT2D eigenvalue weighted by Crippen LogP contribution is -2.41. The fraction of sp³-hybridized carbons (Fsp3) is 0.0909. The monoisotopic (exact) mass is 485 g/mol. The first kappa shape index (κ1) is 24.2. The van der Waals surface area contributed by atoms with Gasteiger partial charge in [0.15, 0.2) is 0 Å². The molecule has 0 radical (unpaired) electrons. The molecule has 0 aliphatic carbocycles. The number of rotatable bonds is 8. The largest absolute Gasteiger partial charge is 0.494 e. The maximum absolute atomic E-state index is 12.4. The molecule has 0 fully saturated rings. The number of nitrogens with zero attached hydrogens (tertiary/aromatic N) is 1. The number of nitro groups is 1. The molecule has 0 aliphatic heterocycles. The summed E-state index contributed by atoms with van der Waals surface area (Å²) >= 11 is 0. The van der Waals surface area contributed by atoms with E-state index in [2.05, 4.69) is 10.9 Å². The summed E-state index contributed by atoms with van der Waals surface area (Å²) in [5.74, 6) is -0.689. The highest BCUT2D eigenvalue weighted by Crippen LogP contribution is 2.22. The molecule has 0 bridgehead atoms. The van der Waals surface area contributed by atoms with Gasteiger partial charge in [-0.05, 0) is 61.5 Å². The van der Waals surface area contributed by atoms with Crippen LogP contribution in [0, 0.1) is 10.1 Å². The number of hydrogen-bond acceptors (Lipinski definition) is 8. The molecular weight excluding hydrogens is 466 g/mol. The van der Waals surface area contributed by atoms with Gasteiger partial charge < -0.3 is 8.92 Å². The lowest BCUT2D eigenvalue weighted by molar-refractivity contribution is -0.385. The van der Waals surface area contributed by atoms with Crippen LogP contribution in [0.3, 0.4) is 0 Å². The summed E-state index contributed by atoms with van der Waals surface area (Å²) in [6.07, 6.45) is 0. The second-order valence-electron chi connectivity index (χ2n) is 6.68. The molecule has 11 nitrogen and oxygen atoms in total. The lowest BCUT2D eigenvalue weighted by atomic mass is 10.2. The summed E-state index contributed by atoms with van der Waals surface area (Å²) in [6.45, 7) is 2.33. The standard InChI is InChI=1S/C22H19N3O8S/c1-2-32-18-10-6-15(7-11-18)21(26)23-24-22(27)16-8-12-19(13-9-16)33-34(30,31)20-5-3-4-17(14-20)25(28)29/h3-14H,2H2,1H3,(H,23,26)(H,24,27). The Hall–Kier alpha value is -4.45. The molecule has 0 atom stereocenters. The molecule has 34 heavy (non-hydrogen) atoms. The third-order valence-electron chi connectivity index (χ3n) is 4.36. The quantitative estimate of drug-likeness (QED) is 0.280. The van der Waals surface area contributed by atoms with Gasteiger partial charge in [-0.3, -0.25) is 30.6 Å². The van der Waals surface area contributed by atoms with Gasteiger partial charge >= 0.3 is 10.1 Å². The summed E-state index contributed by atoms with van der Waals surface area (Å²) in [6, 6.07) is 15.8. The smallest absolute Gasteiger partial charge is 0.339 e. The molecule has 3 rings (SSSR count). The van der Waals surface area contributed by atoms with Crippen molar-refractivity contribution in [1.29, 1.82) is 0 Å². The average Bonchev–Trinajstić information content (AvgIpc) is 2.83. The minimum absolute atomic E-state index is 0.110. The number of non-ortho nitro benzene ring substituents is 1. The number of amides is 2. The van der Waals surface area contributed by atoms with E-state index >= 15 is 0 Å². The predicted molar refractivity (Wildman–Crippen MR) is 120 cm³/mol. The van der Waals surface area contributed by atoms with Crippen molar-refractivity contribution in [3.63, 3.8) is 0 Å². The van der Waals surface area contributed by atoms with Crippen LogP contribution in [0.1, 0.15) is 27.6 Å². The van der Waals surface area contributed by atoms with Gasteiger partial charge in [-0.15, -0.1) is 0 Å². The predicted octanol–water partition coefficient (Wildman–Crippen LogP) is 2.84. The van der Waals surface area contributed by atoms with E-state index in [1.165, 1.54) is 30.3 Å². The minimum Gasteiger partial charge on any atom is -0.494 e. The zero-order chi connectivity index (χ0) is 24.7. The first-order chi connectivity index (χ1) is 16.2. The second kappa shape index (κ2) is 10.4. The van der Waals surface area contributed by atoms with Crippen LogP contribution in [0.15, 0.2) is 77.7 Å². The molecule has 0 saturated carbocycles. The van der Waals surface area contributed by atoms with Crippen molar-refractivity contribution >= 4 is 27.6 Å². The highest BCUT2D eigenvalue weighted by Gasteiger charge is 2.20. The van der Waals surface area contributed by atoms with E-state index in [1.54, 1.807) is 24.3 Å². The molecule has 0 spiro atoms. The van der Waals surface area contributed by atoms with Gasteiger partial charge in [0.2, 0.25) is 0 Å². The molecule has 0 heterocycles. The minimum atomic E-state index is -4.33. The summed E-state index contributed by atoms with van der Waals surface area (Å²) in [4.78, 5) is 34.2. The molecule has 12 heteroatoms. The fourth-order valence-corrected chi connectivity index (χ4v) is 3.69. The van der Waals surface area contributed by atoms with E-state index in [9.17, 15) is 28.1 Å². The highest BCUT2D eigenvalue weighted by atomic mass is 32.2. The van der Waals surface area contributed by atoms with Gasteiger partial charge in [0, 0.05) is 23.3 Å². The number of hydrazine groups is 1. The van der Waals surface area contributed by atoms with E-state index in [0.29, 0.717) is 17.9 Å². The van der Waals surface area contributed by atoms with Crippen molar-refractivity contribution in [2.75, 3.05) is 6.61 Å². The number of hydrogen-bond donors (Lipinski definition) is 2. The van der Waals surface area contributed by atoms with Gasteiger partial charge in [0.05, 0.1) is 11.5 Å². The number of nitrogens with one attached hydrogen (secondary N) is 2. The summed E-state index contributed by atoms with van der Waals surface area (Å²) in [5.41, 5.74) is 4.55. The van der Waals surface area contributed by atoms with Crippen LogP contribution in [-0.2, 0) is 10.1 Å². The van der Waals surface area contributed by atoms with E-state index in [1.807, 2.05) is 6.92 Å². The Bertz CT molecular complexity index is 1310. The Morgan fingerprint density at radius 1 is 0.882 bits per heavy atom. The van der Waals surface area contributed by atoms with E-state index < -0.39 is 32.5 Å². The number of carbonyl (C=O) groups excluding carboxylic acids is 2. The number of benzene rings is 3. The van der Waals surface area contributed by atoms with Gasteiger partial charge in [0.25, 0.3) is 17.5 Å². The van der Waals surface area contributed by atoms with Crippen LogP contribution in [0.5, 0.6) is 11.5 Å². The van der Waals surface area contributed by atoms with E-state index in [-0.39, 0.29) is 16.2 Å². The van der Waals surface area contributed by atoms with Crippen molar-refractivity contribution in [1.82, 2.24) is 10.9 Å². The molecular formula is C22H19N3O8S. The molecule has 0 saturated heterocycles. The number of ether oxygens (including phenoxy) is 1. The van der Waals surface area contributed by atoms with Crippen molar-refractivity contribution in [2.24, 2.45) is 0 Å². The van der Waals surface area contributed by atoms with Crippen LogP contribution in [0.25, 0.3) is 0 Å². The molecule has 2 N–H and O–H groups in total. The molecule has 0 aliphatic rings. The fourth-order valence-electron chi connectivity index (χ4n) is 2.72. The SMILES string of the molecule is CCOc1ccc(C(=O)NNC(=O)c2ccc(OS(=O)(=O)c3cccc([N+](=O)[O-])c3)cc2)cc1. The Balaban J connectivity index is 1.60. The molecule has 0 unspecified atom stereocenters. The normalized spacial score (nSPS) is 10.7. The first-order valence-electron chi connectivity index (χ1n) is 9.82. The Labute approximate surface area is 194 Å². The van der Waals surface area contributed by atoms with Crippen molar-refractivity contribution < 1.29 is 31.9 Å². The summed E-state index contributed by atoms with van der Waals surface area (Å²) < 4.78 is 35.0. The van der Waals surface area contributed by atoms with Crippen LogP contribution >= 0.6 is 0 Å². The first-order valence-corrected chi connectivity index (χ1v) is 11.2. The topological polar surface area (TPSA) is 154 Å². The highest BCUT2D eigenvalue weighted by molar-refractivity contribution is 7.87. The maximum Gasteiger partial charge on any atom is 0.339 e. The molecule has 3 aromatic rings. The van der Waals surface area contributed by atoms with Crippen LogP contribution in [-0.4, -0.2) is 31.8 Å². The van der Waals surface area contributed by atoms with Gasteiger partial charge in [0.1, 0.15) is 16.4 Å². The summed E-state index contributed by atoms with van der Waals surface area (Å²) in [7, 11) is -4.33. The Kier molecular flexibility index (Phi) is 7.43. The van der Waals surface area contributed by atoms with Crippen LogP contribution in [0.4, 0.5) is 5.69 Å². The van der Waals surface area contributed by atoms with E-state index in [4.69, 9.17) is 8.92 Å². The Morgan fingerprint density at radius 2 is 1.41 bits per heavy atom. The molecule has 2 amide bonds. The van der Waals surface area contributed by atoms with Crippen molar-refractivity contribution in [3.05, 3.63) is 94.0 Å². The number of carbonyl (C=O) groups is 2. The van der Waals surface area contributed by atoms with Gasteiger partial charge in [-0.1, -0.05) is 6.07 Å². The van der Waals surface area contributed by atoms with Gasteiger partial charge in [-0.25, -0.2) is 0 Å². The third-order valence-corrected chi connectivity index (χ3v) is 5.60. The maximum atomic E-state index is 12.4. The van der Waals surface area contributed by atoms with Crippen molar-refractivity contribution in [3.8, 4) is 11.5 Å². The molecule has 3 aromatic carbocycles. The summed E-state index contributed by atoms with van der Waals surface area (Å²) in [5, 5.41) is 10.9. The zero-order valence-corrected chi connectivity index (χ0v) is 18.6. The second-order valence-corrected chi connectivity index (χ2v) is 8.23. The average molecular weight is 485 g/mol. The molecule has 0 aromatic heterocycles. The molecule has 176 valence electrons. The number of nitro benzene ring substituents is 1. The zero-order valence-electron chi connectivity index (χ0n) is 17.8. The van der Waals surface area contributed by atoms with Crippen molar-refractivity contribution in [2.45, 2.75) is 11.8 Å². The third kappa shape index (κ3) is 6.07. The van der Waals surface area contributed by atoms with Gasteiger partial charge in [-0.2, -0.15) is 8.42 Å². The van der Waals surface area contributed by atoms with Crippen LogP contribution in [0.2, 0.25) is 0 Å².